The highest BCUT2D eigenvalue weighted by molar-refractivity contribution is 5.86. The maximum Gasteiger partial charge on any atom is 0.335 e. The van der Waals surface area contributed by atoms with Gasteiger partial charge in [0.25, 0.3) is 0 Å². The lowest BCUT2D eigenvalue weighted by Gasteiger charge is -2.14. The molecule has 5 nitrogen and oxygen atoms in total. The van der Waals surface area contributed by atoms with E-state index in [0.717, 1.165) is 5.56 Å². The standard InChI is InChI=1S/C12H13NO4/c1-7-3-4-8(10(14)5-7)13-9-6-11(15)17-12(9)16-2/h3-6,12-14H,1-2H3/t12-/m0/s1. The first-order valence-corrected chi connectivity index (χ1v) is 5.12. The molecule has 5 heteroatoms. The van der Waals surface area contributed by atoms with Crippen molar-refractivity contribution in [3.05, 3.63) is 35.5 Å². The number of anilines is 1. The number of carbonyl (C=O) groups is 1. The van der Waals surface area contributed by atoms with E-state index in [2.05, 4.69) is 5.32 Å². The van der Waals surface area contributed by atoms with Crippen molar-refractivity contribution in [2.75, 3.05) is 12.4 Å². The van der Waals surface area contributed by atoms with Gasteiger partial charge in [-0.25, -0.2) is 4.79 Å². The van der Waals surface area contributed by atoms with Crippen LogP contribution >= 0.6 is 0 Å². The first kappa shape index (κ1) is 11.5. The highest BCUT2D eigenvalue weighted by Crippen LogP contribution is 2.27. The molecule has 0 radical (unpaired) electrons. The van der Waals surface area contributed by atoms with E-state index < -0.39 is 12.3 Å². The Morgan fingerprint density at radius 1 is 1.47 bits per heavy atom. The number of benzene rings is 1. The third kappa shape index (κ3) is 2.39. The molecule has 1 aliphatic heterocycles. The maximum atomic E-state index is 11.1. The van der Waals surface area contributed by atoms with Crippen molar-refractivity contribution in [1.29, 1.82) is 0 Å². The average Bonchev–Trinajstić information content (AvgIpc) is 2.63. The Morgan fingerprint density at radius 2 is 2.24 bits per heavy atom. The molecular formula is C12H13NO4. The number of carbonyl (C=O) groups excluding carboxylic acids is 1. The predicted molar refractivity (Wildman–Crippen MR) is 61.4 cm³/mol. The summed E-state index contributed by atoms with van der Waals surface area (Å²) in [5.41, 5.74) is 1.92. The lowest BCUT2D eigenvalue weighted by atomic mass is 10.2. The van der Waals surface area contributed by atoms with Gasteiger partial charge in [-0.15, -0.1) is 0 Å². The van der Waals surface area contributed by atoms with Crippen LogP contribution in [0.5, 0.6) is 5.75 Å². The van der Waals surface area contributed by atoms with Crippen molar-refractivity contribution in [1.82, 2.24) is 0 Å². The van der Waals surface area contributed by atoms with Crippen molar-refractivity contribution in [2.24, 2.45) is 0 Å². The van der Waals surface area contributed by atoms with Gasteiger partial charge >= 0.3 is 5.97 Å². The maximum absolute atomic E-state index is 11.1. The summed E-state index contributed by atoms with van der Waals surface area (Å²) in [5.74, 6) is -0.356. The first-order valence-electron chi connectivity index (χ1n) is 5.12. The van der Waals surface area contributed by atoms with Gasteiger partial charge < -0.3 is 19.9 Å². The molecule has 0 saturated heterocycles. The normalized spacial score (nSPS) is 18.8. The summed E-state index contributed by atoms with van der Waals surface area (Å²) in [5, 5.41) is 12.6. The zero-order valence-corrected chi connectivity index (χ0v) is 9.56. The Hall–Kier alpha value is -2.01. The minimum atomic E-state index is -0.747. The fraction of sp³-hybridized carbons (Fsp3) is 0.250. The Kier molecular flexibility index (Phi) is 3.01. The topological polar surface area (TPSA) is 67.8 Å². The number of cyclic esters (lactones) is 1. The number of aromatic hydroxyl groups is 1. The second-order valence-corrected chi connectivity index (χ2v) is 3.75. The van der Waals surface area contributed by atoms with Gasteiger partial charge in [-0.2, -0.15) is 0 Å². The summed E-state index contributed by atoms with van der Waals surface area (Å²) in [4.78, 5) is 11.1. The minimum absolute atomic E-state index is 0.111. The minimum Gasteiger partial charge on any atom is -0.506 e. The number of aryl methyl sites for hydroxylation is 1. The van der Waals surface area contributed by atoms with Crippen molar-refractivity contribution < 1.29 is 19.4 Å². The second-order valence-electron chi connectivity index (χ2n) is 3.75. The van der Waals surface area contributed by atoms with E-state index >= 15 is 0 Å². The van der Waals surface area contributed by atoms with E-state index in [4.69, 9.17) is 9.47 Å². The summed E-state index contributed by atoms with van der Waals surface area (Å²) in [6.45, 7) is 1.88. The van der Waals surface area contributed by atoms with Gasteiger partial charge in [0.2, 0.25) is 6.29 Å². The Balaban J connectivity index is 2.20. The fourth-order valence-electron chi connectivity index (χ4n) is 1.57. The summed E-state index contributed by atoms with van der Waals surface area (Å²) >= 11 is 0. The third-order valence-electron chi connectivity index (χ3n) is 2.40. The highest BCUT2D eigenvalue weighted by Gasteiger charge is 2.26. The Bertz CT molecular complexity index is 481. The molecule has 2 rings (SSSR count). The smallest absolute Gasteiger partial charge is 0.335 e. The van der Waals surface area contributed by atoms with Crippen LogP contribution in [0.25, 0.3) is 0 Å². The van der Waals surface area contributed by atoms with Gasteiger partial charge in [-0.05, 0) is 24.6 Å². The molecule has 1 aliphatic rings. The van der Waals surface area contributed by atoms with Crippen LogP contribution in [0.2, 0.25) is 0 Å². The molecule has 90 valence electrons. The molecular weight excluding hydrogens is 222 g/mol. The molecule has 17 heavy (non-hydrogen) atoms. The van der Waals surface area contributed by atoms with Crippen LogP contribution in [0.15, 0.2) is 30.0 Å². The quantitative estimate of drug-likeness (QED) is 0.614. The Labute approximate surface area is 98.7 Å². The number of hydrogen-bond donors (Lipinski definition) is 2. The molecule has 0 bridgehead atoms. The fourth-order valence-corrected chi connectivity index (χ4v) is 1.57. The van der Waals surface area contributed by atoms with Crippen LogP contribution in [0, 0.1) is 6.92 Å². The van der Waals surface area contributed by atoms with Crippen LogP contribution in [0.1, 0.15) is 5.56 Å². The first-order chi connectivity index (χ1) is 8.10. The Morgan fingerprint density at radius 3 is 2.88 bits per heavy atom. The number of methoxy groups -OCH3 is 1. The molecule has 1 aromatic rings. The van der Waals surface area contributed by atoms with Gasteiger partial charge in [-0.3, -0.25) is 0 Å². The zero-order valence-electron chi connectivity index (χ0n) is 9.56. The second kappa shape index (κ2) is 4.47. The molecule has 1 atom stereocenters. The van der Waals surface area contributed by atoms with E-state index in [1.807, 2.05) is 13.0 Å². The van der Waals surface area contributed by atoms with Crippen LogP contribution in [0.4, 0.5) is 5.69 Å². The molecule has 0 aliphatic carbocycles. The van der Waals surface area contributed by atoms with Crippen molar-refractivity contribution in [2.45, 2.75) is 13.2 Å². The lowest BCUT2D eigenvalue weighted by Crippen LogP contribution is -2.18. The highest BCUT2D eigenvalue weighted by atomic mass is 16.7. The number of rotatable bonds is 3. The number of esters is 1. The predicted octanol–water partition coefficient (Wildman–Crippen LogP) is 1.53. The molecule has 0 unspecified atom stereocenters. The largest absolute Gasteiger partial charge is 0.506 e. The van der Waals surface area contributed by atoms with E-state index in [1.54, 1.807) is 12.1 Å². The summed E-state index contributed by atoms with van der Waals surface area (Å²) in [6, 6.07) is 5.20. The average molecular weight is 235 g/mol. The van der Waals surface area contributed by atoms with E-state index in [9.17, 15) is 9.90 Å². The zero-order chi connectivity index (χ0) is 12.4. The van der Waals surface area contributed by atoms with Crippen LogP contribution < -0.4 is 5.32 Å². The van der Waals surface area contributed by atoms with E-state index in [-0.39, 0.29) is 5.75 Å². The van der Waals surface area contributed by atoms with Gasteiger partial charge in [-0.1, -0.05) is 6.07 Å². The number of phenols is 1. The summed E-state index contributed by atoms with van der Waals surface area (Å²) in [7, 11) is 1.44. The van der Waals surface area contributed by atoms with Gasteiger partial charge in [0.05, 0.1) is 11.4 Å². The van der Waals surface area contributed by atoms with Crippen LogP contribution in [-0.2, 0) is 14.3 Å². The lowest BCUT2D eigenvalue weighted by molar-refractivity contribution is -0.155. The molecule has 2 N–H and O–H groups in total. The van der Waals surface area contributed by atoms with E-state index in [1.165, 1.54) is 13.2 Å². The molecule has 0 aromatic heterocycles. The number of hydrogen-bond acceptors (Lipinski definition) is 5. The number of ether oxygens (including phenoxy) is 2. The third-order valence-corrected chi connectivity index (χ3v) is 2.40. The van der Waals surface area contributed by atoms with Gasteiger partial charge in [0, 0.05) is 13.2 Å². The molecule has 0 saturated carbocycles. The van der Waals surface area contributed by atoms with E-state index in [0.29, 0.717) is 11.4 Å². The summed E-state index contributed by atoms with van der Waals surface area (Å²) in [6.07, 6.45) is 0.552. The molecule has 0 fully saturated rings. The van der Waals surface area contributed by atoms with Gasteiger partial charge in [0.15, 0.2) is 0 Å². The molecule has 0 spiro atoms. The van der Waals surface area contributed by atoms with Crippen molar-refractivity contribution >= 4 is 11.7 Å². The van der Waals surface area contributed by atoms with Crippen molar-refractivity contribution in [3.8, 4) is 5.75 Å². The molecule has 1 heterocycles. The van der Waals surface area contributed by atoms with Gasteiger partial charge in [0.1, 0.15) is 5.75 Å². The molecule has 1 aromatic carbocycles. The number of nitrogens with one attached hydrogen (secondary N) is 1. The SMILES string of the molecule is CO[C@H]1OC(=O)C=C1Nc1ccc(C)cc1O. The van der Waals surface area contributed by atoms with Crippen LogP contribution in [-0.4, -0.2) is 24.5 Å². The number of phenolic OH excluding ortho intramolecular Hbond substituents is 1. The monoisotopic (exact) mass is 235 g/mol. The molecule has 0 amide bonds. The van der Waals surface area contributed by atoms with Crippen LogP contribution in [0.3, 0.4) is 0 Å². The summed E-state index contributed by atoms with van der Waals surface area (Å²) < 4.78 is 9.84. The van der Waals surface area contributed by atoms with Crippen molar-refractivity contribution in [3.63, 3.8) is 0 Å².